The Hall–Kier alpha value is -0.780. The molecule has 0 aromatic heterocycles. The van der Waals surface area contributed by atoms with Crippen molar-refractivity contribution in [2.75, 3.05) is 0 Å². The topological polar surface area (TPSA) is 0 Å². The van der Waals surface area contributed by atoms with E-state index in [2.05, 4.69) is 65.8 Å². The molecule has 8 atom stereocenters. The van der Waals surface area contributed by atoms with E-state index in [0.717, 1.165) is 23.7 Å². The molecule has 5 aliphatic rings. The van der Waals surface area contributed by atoms with Gasteiger partial charge >= 0.3 is 0 Å². The Bertz CT molecular complexity index is 750. The summed E-state index contributed by atoms with van der Waals surface area (Å²) in [4.78, 5) is 0. The molecule has 0 nitrogen and oxygen atoms in total. The highest BCUT2D eigenvalue weighted by atomic mass is 14.7. The Kier molecular flexibility index (Phi) is 4.19. The first kappa shape index (κ1) is 19.2. The van der Waals surface area contributed by atoms with Crippen molar-refractivity contribution >= 4 is 0 Å². The number of hydrogen-bond donors (Lipinski definition) is 0. The van der Waals surface area contributed by atoms with Gasteiger partial charge in [-0.3, -0.25) is 0 Å². The summed E-state index contributed by atoms with van der Waals surface area (Å²) in [6, 6.07) is 0. The summed E-state index contributed by atoms with van der Waals surface area (Å²) >= 11 is 0. The minimum atomic E-state index is 0.448. The second-order valence-corrected chi connectivity index (χ2v) is 12.2. The van der Waals surface area contributed by atoms with Gasteiger partial charge in [0.05, 0.1) is 0 Å². The third-order valence-corrected chi connectivity index (χ3v) is 10.9. The van der Waals surface area contributed by atoms with Crippen molar-refractivity contribution in [1.82, 2.24) is 0 Å². The molecule has 0 radical (unpaired) electrons. The van der Waals surface area contributed by atoms with E-state index in [4.69, 9.17) is 0 Å². The molecule has 0 heterocycles. The van der Waals surface area contributed by atoms with Gasteiger partial charge < -0.3 is 0 Å². The summed E-state index contributed by atoms with van der Waals surface area (Å²) in [5, 5.41) is 0. The molecule has 0 bridgehead atoms. The van der Waals surface area contributed by atoms with E-state index in [9.17, 15) is 0 Å². The smallest absolute Gasteiger partial charge is 0.00239 e. The number of hydrogen-bond acceptors (Lipinski definition) is 0. The number of allylic oxidation sites excluding steroid dienone is 6. The zero-order chi connectivity index (χ0) is 19.9. The lowest BCUT2D eigenvalue weighted by Gasteiger charge is -2.51. The van der Waals surface area contributed by atoms with Gasteiger partial charge in [0.25, 0.3) is 0 Å². The molecule has 0 aromatic carbocycles. The Morgan fingerprint density at radius 1 is 1.00 bits per heavy atom. The highest BCUT2D eigenvalue weighted by Gasteiger charge is 2.71. The fourth-order valence-corrected chi connectivity index (χ4v) is 8.42. The van der Waals surface area contributed by atoms with Crippen molar-refractivity contribution in [2.45, 2.75) is 86.5 Å². The van der Waals surface area contributed by atoms with E-state index in [0.29, 0.717) is 28.1 Å². The molecule has 0 aromatic rings. The molecule has 5 rings (SSSR count). The monoisotopic (exact) mass is 378 g/mol. The fourth-order valence-electron chi connectivity index (χ4n) is 8.42. The lowest BCUT2D eigenvalue weighted by Crippen LogP contribution is -2.42. The predicted molar refractivity (Wildman–Crippen MR) is 120 cm³/mol. The van der Waals surface area contributed by atoms with Crippen LogP contribution in [0.5, 0.6) is 0 Å². The molecule has 0 N–H and O–H groups in total. The quantitative estimate of drug-likeness (QED) is 0.435. The van der Waals surface area contributed by atoms with Crippen molar-refractivity contribution in [3.8, 4) is 0 Å². The van der Waals surface area contributed by atoms with Crippen molar-refractivity contribution in [3.63, 3.8) is 0 Å². The summed E-state index contributed by atoms with van der Waals surface area (Å²) in [7, 11) is 0. The van der Waals surface area contributed by atoms with E-state index in [1.807, 2.05) is 11.1 Å². The molecule has 0 heteroatoms. The fraction of sp³-hybridized carbons (Fsp3) is 0.786. The zero-order valence-corrected chi connectivity index (χ0v) is 19.2. The Labute approximate surface area is 173 Å². The van der Waals surface area contributed by atoms with Gasteiger partial charge in [-0.05, 0) is 102 Å². The van der Waals surface area contributed by atoms with Gasteiger partial charge in [0, 0.05) is 0 Å². The standard InChI is InChI=1S/C28H42/c1-18(2)19(3)7-8-20(4)23-9-10-24-22-12-16-28-17-21(28)11-15-27(28,6)25(22)13-14-26(23,24)5/h7-8,12,16,18-21,23,25H,9-11,13-15,17H2,1-6H3/b8-7+/t19-,20+,21+,23+,25-,26-,27-,28+/m1/s1. The summed E-state index contributed by atoms with van der Waals surface area (Å²) in [6.45, 7) is 14.9. The molecule has 3 saturated carbocycles. The first-order valence-corrected chi connectivity index (χ1v) is 12.3. The molecule has 1 spiro atoms. The van der Waals surface area contributed by atoms with E-state index in [-0.39, 0.29) is 0 Å². The molecule has 154 valence electrons. The third kappa shape index (κ3) is 2.36. The Morgan fingerprint density at radius 2 is 1.79 bits per heavy atom. The second-order valence-electron chi connectivity index (χ2n) is 12.2. The zero-order valence-electron chi connectivity index (χ0n) is 19.2. The second kappa shape index (κ2) is 6.12. The average Bonchev–Trinajstić information content (AvgIpc) is 3.14. The van der Waals surface area contributed by atoms with Gasteiger partial charge in [-0.15, -0.1) is 0 Å². The van der Waals surface area contributed by atoms with Crippen LogP contribution in [-0.2, 0) is 0 Å². The maximum Gasteiger partial charge on any atom is -0.00239 e. The largest absolute Gasteiger partial charge is 0.0852 e. The molecule has 3 fully saturated rings. The van der Waals surface area contributed by atoms with Crippen LogP contribution < -0.4 is 0 Å². The van der Waals surface area contributed by atoms with Crippen LogP contribution in [0.4, 0.5) is 0 Å². The van der Waals surface area contributed by atoms with E-state index in [1.54, 1.807) is 0 Å². The van der Waals surface area contributed by atoms with E-state index >= 15 is 0 Å². The van der Waals surface area contributed by atoms with Crippen LogP contribution in [0.25, 0.3) is 0 Å². The van der Waals surface area contributed by atoms with E-state index in [1.165, 1.54) is 44.9 Å². The summed E-state index contributed by atoms with van der Waals surface area (Å²) < 4.78 is 0. The molecule has 0 aliphatic heterocycles. The molecule has 0 saturated heterocycles. The Morgan fingerprint density at radius 3 is 2.50 bits per heavy atom. The van der Waals surface area contributed by atoms with Gasteiger partial charge in [-0.2, -0.15) is 0 Å². The van der Waals surface area contributed by atoms with Gasteiger partial charge in [0.1, 0.15) is 0 Å². The van der Waals surface area contributed by atoms with Gasteiger partial charge in [-0.1, -0.05) is 71.4 Å². The van der Waals surface area contributed by atoms with Crippen LogP contribution in [0.3, 0.4) is 0 Å². The Balaban J connectivity index is 1.45. The highest BCUT2D eigenvalue weighted by molar-refractivity contribution is 5.46. The molecular weight excluding hydrogens is 336 g/mol. The van der Waals surface area contributed by atoms with Gasteiger partial charge in [0.2, 0.25) is 0 Å². The van der Waals surface area contributed by atoms with Crippen LogP contribution in [0.1, 0.15) is 86.5 Å². The molecule has 28 heavy (non-hydrogen) atoms. The first-order valence-electron chi connectivity index (χ1n) is 12.3. The van der Waals surface area contributed by atoms with Crippen LogP contribution in [0.15, 0.2) is 35.5 Å². The van der Waals surface area contributed by atoms with Crippen molar-refractivity contribution in [1.29, 1.82) is 0 Å². The van der Waals surface area contributed by atoms with Crippen LogP contribution in [0.2, 0.25) is 0 Å². The first-order chi connectivity index (χ1) is 13.2. The predicted octanol–water partition coefficient (Wildman–Crippen LogP) is 7.97. The maximum absolute atomic E-state index is 2.70. The lowest BCUT2D eigenvalue weighted by molar-refractivity contribution is 0.0893. The molecular formula is C28H42. The minimum absolute atomic E-state index is 0.448. The normalized spacial score (nSPS) is 48.5. The lowest BCUT2D eigenvalue weighted by atomic mass is 9.53. The number of rotatable bonds is 4. The maximum atomic E-state index is 2.70. The van der Waals surface area contributed by atoms with Crippen LogP contribution >= 0.6 is 0 Å². The van der Waals surface area contributed by atoms with Crippen LogP contribution in [-0.4, -0.2) is 0 Å². The minimum Gasteiger partial charge on any atom is -0.0852 e. The highest BCUT2D eigenvalue weighted by Crippen LogP contribution is 2.79. The molecule has 0 unspecified atom stereocenters. The summed E-state index contributed by atoms with van der Waals surface area (Å²) in [5.74, 6) is 4.86. The van der Waals surface area contributed by atoms with Crippen LogP contribution in [0, 0.1) is 51.8 Å². The van der Waals surface area contributed by atoms with Crippen molar-refractivity contribution in [2.24, 2.45) is 51.8 Å². The third-order valence-electron chi connectivity index (χ3n) is 10.9. The SMILES string of the molecule is CC(C)[C@H](C)/C=C/[C@H](C)[C@@H]1CCC2=C3C=C[C@]45C[C@@H]4CC[C@]5(C)[C@@H]3CC[C@@]21C. The van der Waals surface area contributed by atoms with Crippen molar-refractivity contribution < 1.29 is 0 Å². The van der Waals surface area contributed by atoms with E-state index < -0.39 is 0 Å². The molecule has 0 amide bonds. The average molecular weight is 379 g/mol. The number of fused-ring (bicyclic) bond motifs is 3. The van der Waals surface area contributed by atoms with Gasteiger partial charge in [-0.25, -0.2) is 0 Å². The molecule has 5 aliphatic carbocycles. The summed E-state index contributed by atoms with van der Waals surface area (Å²) in [5.41, 5.74) is 5.32. The summed E-state index contributed by atoms with van der Waals surface area (Å²) in [6.07, 6.45) is 20.5. The van der Waals surface area contributed by atoms with Gasteiger partial charge in [0.15, 0.2) is 0 Å². The van der Waals surface area contributed by atoms with Crippen molar-refractivity contribution in [3.05, 3.63) is 35.5 Å².